The minimum atomic E-state index is -0.747. The minimum Gasteiger partial charge on any atom is -0.490 e. The molecular formula is C68H74N2O10. The van der Waals surface area contributed by atoms with Crippen LogP contribution in [0.2, 0.25) is 0 Å². The monoisotopic (exact) mass is 1080 g/mol. The summed E-state index contributed by atoms with van der Waals surface area (Å²) < 4.78 is 36.5. The predicted molar refractivity (Wildman–Crippen MR) is 317 cm³/mol. The fraction of sp³-hybridized carbons (Fsp3) is 0.324. The second kappa shape index (κ2) is 32.1. The van der Waals surface area contributed by atoms with Crippen molar-refractivity contribution >= 4 is 33.9 Å². The molecule has 0 saturated carbocycles. The quantitative estimate of drug-likeness (QED) is 0.0224. The van der Waals surface area contributed by atoms with Gasteiger partial charge in [-0.1, -0.05) is 173 Å². The molecule has 0 spiro atoms. The molecule has 2 unspecified atom stereocenters. The molecule has 6 aromatic carbocycles. The summed E-state index contributed by atoms with van der Waals surface area (Å²) in [5.41, 5.74) is 4.68. The van der Waals surface area contributed by atoms with Crippen LogP contribution in [0.1, 0.15) is 88.2 Å². The van der Waals surface area contributed by atoms with Gasteiger partial charge in [0.15, 0.2) is 10.9 Å². The van der Waals surface area contributed by atoms with Gasteiger partial charge in [-0.25, -0.2) is 9.59 Å². The van der Waals surface area contributed by atoms with Crippen LogP contribution in [0.25, 0.3) is 44.6 Å². The highest BCUT2D eigenvalue weighted by atomic mass is 16.6. The SMILES string of the molecule is O=C(/C=C\C(=O)OC(CNCCCCCCCCc1ccccc1)COc1ccc2c(=O)cc(-c3ccccc3)oc2c1)OC(CNCCCCCCCCc1ccccc1)COc1ccc2c(=O)cc(-c3ccccc3)oc2c1. The molecule has 0 amide bonds. The maximum Gasteiger partial charge on any atom is 0.331 e. The Labute approximate surface area is 469 Å². The summed E-state index contributed by atoms with van der Waals surface area (Å²) in [6, 6.07) is 53.0. The number of hydrogen-bond acceptors (Lipinski definition) is 12. The molecule has 80 heavy (non-hydrogen) atoms. The topological polar surface area (TPSA) is 156 Å². The van der Waals surface area contributed by atoms with Crippen LogP contribution in [0.4, 0.5) is 0 Å². The van der Waals surface area contributed by atoms with E-state index in [-0.39, 0.29) is 24.1 Å². The number of rotatable bonds is 34. The van der Waals surface area contributed by atoms with Crippen LogP contribution in [-0.4, -0.2) is 63.5 Å². The van der Waals surface area contributed by atoms with Crippen molar-refractivity contribution in [3.8, 4) is 34.1 Å². The molecule has 416 valence electrons. The third-order valence-electron chi connectivity index (χ3n) is 13.9. The van der Waals surface area contributed by atoms with Crippen molar-refractivity contribution in [2.75, 3.05) is 39.4 Å². The molecule has 2 heterocycles. The average Bonchev–Trinajstić information content (AvgIpc) is 3.49. The summed E-state index contributed by atoms with van der Waals surface area (Å²) in [4.78, 5) is 53.0. The van der Waals surface area contributed by atoms with Gasteiger partial charge >= 0.3 is 11.9 Å². The Morgan fingerprint density at radius 3 is 1.19 bits per heavy atom. The summed E-state index contributed by atoms with van der Waals surface area (Å²) >= 11 is 0. The summed E-state index contributed by atoms with van der Waals surface area (Å²) in [6.45, 7) is 2.01. The van der Waals surface area contributed by atoms with E-state index in [0.717, 1.165) is 87.7 Å². The number of ether oxygens (including phenoxy) is 4. The number of nitrogens with one attached hydrogen (secondary N) is 2. The van der Waals surface area contributed by atoms with Crippen molar-refractivity contribution in [2.24, 2.45) is 0 Å². The van der Waals surface area contributed by atoms with Crippen molar-refractivity contribution in [3.05, 3.63) is 214 Å². The van der Waals surface area contributed by atoms with Crippen molar-refractivity contribution in [1.82, 2.24) is 10.6 Å². The number of carbonyl (C=O) groups is 2. The Bertz CT molecular complexity index is 3070. The first-order valence-electron chi connectivity index (χ1n) is 28.4. The Hall–Kier alpha value is -8.06. The van der Waals surface area contributed by atoms with Crippen LogP contribution < -0.4 is 31.0 Å². The highest BCUT2D eigenvalue weighted by molar-refractivity contribution is 5.92. The first kappa shape index (κ1) is 58.1. The second-order valence-corrected chi connectivity index (χ2v) is 20.2. The zero-order chi connectivity index (χ0) is 55.4. The van der Waals surface area contributed by atoms with Gasteiger partial charge in [0.05, 0.1) is 10.8 Å². The molecule has 2 atom stereocenters. The van der Waals surface area contributed by atoms with E-state index >= 15 is 0 Å². The van der Waals surface area contributed by atoms with Gasteiger partial charge in [-0.15, -0.1) is 0 Å². The number of aryl methyl sites for hydroxylation is 2. The zero-order valence-electron chi connectivity index (χ0n) is 45.7. The maximum atomic E-state index is 13.4. The Morgan fingerprint density at radius 2 is 0.787 bits per heavy atom. The number of esters is 2. The number of carbonyl (C=O) groups excluding carboxylic acids is 2. The van der Waals surface area contributed by atoms with Crippen LogP contribution in [-0.2, 0) is 31.9 Å². The molecule has 0 aliphatic heterocycles. The van der Waals surface area contributed by atoms with Crippen LogP contribution in [0.3, 0.4) is 0 Å². The van der Waals surface area contributed by atoms with E-state index in [0.29, 0.717) is 58.0 Å². The van der Waals surface area contributed by atoms with Gasteiger partial charge in [0.25, 0.3) is 0 Å². The van der Waals surface area contributed by atoms with E-state index in [2.05, 4.69) is 59.2 Å². The molecule has 12 nitrogen and oxygen atoms in total. The molecule has 2 N–H and O–H groups in total. The molecule has 0 aliphatic rings. The number of unbranched alkanes of at least 4 members (excludes halogenated alkanes) is 10. The van der Waals surface area contributed by atoms with Crippen LogP contribution in [0.15, 0.2) is 200 Å². The lowest BCUT2D eigenvalue weighted by Crippen LogP contribution is -2.36. The molecule has 8 rings (SSSR count). The number of fused-ring (bicyclic) bond motifs is 2. The van der Waals surface area contributed by atoms with Gasteiger partial charge in [0.1, 0.15) is 59.6 Å². The van der Waals surface area contributed by atoms with Crippen LogP contribution in [0.5, 0.6) is 11.5 Å². The second-order valence-electron chi connectivity index (χ2n) is 20.2. The van der Waals surface area contributed by atoms with E-state index in [4.69, 9.17) is 27.8 Å². The highest BCUT2D eigenvalue weighted by Gasteiger charge is 2.19. The lowest BCUT2D eigenvalue weighted by Gasteiger charge is -2.19. The lowest BCUT2D eigenvalue weighted by atomic mass is 10.1. The molecule has 12 heteroatoms. The van der Waals surface area contributed by atoms with E-state index in [1.54, 1.807) is 36.4 Å². The van der Waals surface area contributed by atoms with Crippen LogP contribution >= 0.6 is 0 Å². The van der Waals surface area contributed by atoms with Crippen molar-refractivity contribution in [1.29, 1.82) is 0 Å². The fourth-order valence-electron chi connectivity index (χ4n) is 9.52. The van der Waals surface area contributed by atoms with Gasteiger partial charge in [0, 0.05) is 60.6 Å². The molecule has 0 radical (unpaired) electrons. The Balaban J connectivity index is 0.859. The minimum absolute atomic E-state index is 0.0162. The average molecular weight is 1080 g/mol. The summed E-state index contributed by atoms with van der Waals surface area (Å²) in [7, 11) is 0. The molecule has 0 fully saturated rings. The predicted octanol–water partition coefficient (Wildman–Crippen LogP) is 13.4. The molecule has 2 aromatic heterocycles. The van der Waals surface area contributed by atoms with E-state index in [9.17, 15) is 19.2 Å². The number of benzene rings is 6. The molecule has 8 aromatic rings. The Kier molecular flexibility index (Phi) is 23.3. The smallest absolute Gasteiger partial charge is 0.331 e. The molecule has 0 saturated heterocycles. The first-order chi connectivity index (χ1) is 39.3. The standard InChI is InChI=1S/C68H74N2O10/c71-61-45-63(53-31-19-11-20-32-53)79-65-43-55(35-37-59(61)65)75-49-57(47-69-41-23-7-3-1-5-13-25-51-27-15-9-16-28-51)77-67(73)39-40-68(74)78-58(48-70-42-24-8-4-2-6-14-26-52-29-17-10-18-30-52)50-76-56-36-38-60-62(72)46-64(80-66(60)44-56)54-33-21-12-22-34-54/h9-12,15-22,27-40,43-46,57-58,69-70H,1-8,13-14,23-26,41-42,47-50H2/b40-39-. The van der Waals surface area contributed by atoms with Gasteiger partial charge in [0.2, 0.25) is 0 Å². The maximum absolute atomic E-state index is 13.4. The van der Waals surface area contributed by atoms with E-state index in [1.807, 2.05) is 72.8 Å². The first-order valence-corrected chi connectivity index (χ1v) is 28.4. The van der Waals surface area contributed by atoms with Crippen molar-refractivity contribution in [2.45, 2.75) is 102 Å². The summed E-state index contributed by atoms with van der Waals surface area (Å²) in [5.74, 6) is 0.246. The van der Waals surface area contributed by atoms with Gasteiger partial charge in [-0.2, -0.15) is 0 Å². The van der Waals surface area contributed by atoms with E-state index in [1.165, 1.54) is 61.8 Å². The summed E-state index contributed by atoms with van der Waals surface area (Å²) in [5, 5.41) is 7.68. The van der Waals surface area contributed by atoms with E-state index < -0.39 is 24.1 Å². The summed E-state index contributed by atoms with van der Waals surface area (Å²) in [6.07, 6.45) is 16.3. The van der Waals surface area contributed by atoms with Gasteiger partial charge in [-0.05, 0) is 87.0 Å². The highest BCUT2D eigenvalue weighted by Crippen LogP contribution is 2.27. The largest absolute Gasteiger partial charge is 0.490 e. The van der Waals surface area contributed by atoms with Crippen LogP contribution in [0, 0.1) is 0 Å². The van der Waals surface area contributed by atoms with Crippen molar-refractivity contribution < 1.29 is 37.4 Å². The third-order valence-corrected chi connectivity index (χ3v) is 13.9. The molecular weight excluding hydrogens is 1000 g/mol. The normalized spacial score (nSPS) is 12.2. The van der Waals surface area contributed by atoms with Gasteiger partial charge < -0.3 is 38.4 Å². The molecule has 0 aliphatic carbocycles. The van der Waals surface area contributed by atoms with Gasteiger partial charge in [-0.3, -0.25) is 9.59 Å². The number of hydrogen-bond donors (Lipinski definition) is 2. The van der Waals surface area contributed by atoms with Crippen molar-refractivity contribution in [3.63, 3.8) is 0 Å². The third kappa shape index (κ3) is 19.4. The molecule has 0 bridgehead atoms. The fourth-order valence-corrected chi connectivity index (χ4v) is 9.52. The lowest BCUT2D eigenvalue weighted by molar-refractivity contribution is -0.147. The Morgan fingerprint density at radius 1 is 0.425 bits per heavy atom. The zero-order valence-corrected chi connectivity index (χ0v) is 45.7.